The minimum atomic E-state index is 0.694. The Morgan fingerprint density at radius 3 is 2.21 bits per heavy atom. The molecule has 2 heterocycles. The van der Waals surface area contributed by atoms with E-state index in [2.05, 4.69) is 109 Å². The molecule has 0 unspecified atom stereocenters. The Morgan fingerprint density at radius 1 is 0.588 bits per heavy atom. The van der Waals surface area contributed by atoms with E-state index >= 15 is 0 Å². The molecule has 0 aliphatic carbocycles. The molecule has 160 valence electrons. The standard InChI is InChI=1S/C31H21N3/c1-20-15-17-24-25-18-16-21-9-5-6-12-23(21)30(25)34(28(24)19-20)31-32-27-14-8-7-13-26(27)29(33-31)22-10-3-2-4-11-22/h2-19H,1H3. The molecular weight excluding hydrogens is 414 g/mol. The van der Waals surface area contributed by atoms with Crippen LogP contribution in [-0.2, 0) is 0 Å². The summed E-state index contributed by atoms with van der Waals surface area (Å²) in [5, 5.41) is 5.89. The Kier molecular flexibility index (Phi) is 4.06. The third kappa shape index (κ3) is 2.77. The normalized spacial score (nSPS) is 11.7. The van der Waals surface area contributed by atoms with Crippen LogP contribution in [-0.4, -0.2) is 14.5 Å². The van der Waals surface area contributed by atoms with Gasteiger partial charge in [-0.15, -0.1) is 0 Å². The highest BCUT2D eigenvalue weighted by molar-refractivity contribution is 6.18. The number of aryl methyl sites for hydroxylation is 1. The Labute approximate surface area is 196 Å². The van der Waals surface area contributed by atoms with Crippen molar-refractivity contribution in [3.05, 3.63) is 115 Å². The summed E-state index contributed by atoms with van der Waals surface area (Å²) in [5.74, 6) is 0.694. The molecule has 5 aromatic carbocycles. The first-order chi connectivity index (χ1) is 16.8. The second kappa shape index (κ2) is 7.26. The van der Waals surface area contributed by atoms with Crippen LogP contribution in [0.1, 0.15) is 5.56 Å². The van der Waals surface area contributed by atoms with Crippen LogP contribution in [0.15, 0.2) is 109 Å². The third-order valence-corrected chi connectivity index (χ3v) is 6.65. The summed E-state index contributed by atoms with van der Waals surface area (Å²) in [7, 11) is 0. The highest BCUT2D eigenvalue weighted by Crippen LogP contribution is 2.37. The van der Waals surface area contributed by atoms with Crippen LogP contribution in [0.5, 0.6) is 0 Å². The van der Waals surface area contributed by atoms with Crippen LogP contribution in [0.3, 0.4) is 0 Å². The van der Waals surface area contributed by atoms with Gasteiger partial charge < -0.3 is 0 Å². The van der Waals surface area contributed by atoms with Crippen LogP contribution in [0, 0.1) is 6.92 Å². The van der Waals surface area contributed by atoms with Gasteiger partial charge in [0.25, 0.3) is 0 Å². The van der Waals surface area contributed by atoms with E-state index in [9.17, 15) is 0 Å². The van der Waals surface area contributed by atoms with Gasteiger partial charge >= 0.3 is 0 Å². The molecule has 3 nitrogen and oxygen atoms in total. The van der Waals surface area contributed by atoms with Crippen molar-refractivity contribution < 1.29 is 0 Å². The van der Waals surface area contributed by atoms with Gasteiger partial charge in [-0.05, 0) is 30.0 Å². The summed E-state index contributed by atoms with van der Waals surface area (Å²) >= 11 is 0. The lowest BCUT2D eigenvalue weighted by Crippen LogP contribution is -2.03. The monoisotopic (exact) mass is 435 g/mol. The van der Waals surface area contributed by atoms with Gasteiger partial charge in [0.05, 0.1) is 22.2 Å². The number of rotatable bonds is 2. The van der Waals surface area contributed by atoms with Gasteiger partial charge in [0.2, 0.25) is 5.95 Å². The number of para-hydroxylation sites is 1. The zero-order valence-corrected chi connectivity index (χ0v) is 18.7. The summed E-state index contributed by atoms with van der Waals surface area (Å²) in [6.07, 6.45) is 0. The quantitative estimate of drug-likeness (QED) is 0.277. The first-order valence-electron chi connectivity index (χ1n) is 11.5. The molecule has 0 aliphatic heterocycles. The molecule has 7 aromatic rings. The largest absolute Gasteiger partial charge is 0.277 e. The summed E-state index contributed by atoms with van der Waals surface area (Å²) in [6.45, 7) is 2.14. The summed E-state index contributed by atoms with van der Waals surface area (Å²) in [6, 6.07) is 38.3. The van der Waals surface area contributed by atoms with Crippen molar-refractivity contribution in [2.45, 2.75) is 6.92 Å². The van der Waals surface area contributed by atoms with Crippen molar-refractivity contribution in [1.82, 2.24) is 14.5 Å². The molecule has 0 radical (unpaired) electrons. The topological polar surface area (TPSA) is 30.7 Å². The van der Waals surface area contributed by atoms with E-state index in [0.29, 0.717) is 5.95 Å². The van der Waals surface area contributed by atoms with E-state index in [1.54, 1.807) is 0 Å². The number of fused-ring (bicyclic) bond motifs is 6. The van der Waals surface area contributed by atoms with Crippen molar-refractivity contribution in [2.75, 3.05) is 0 Å². The first-order valence-corrected chi connectivity index (χ1v) is 11.5. The second-order valence-electron chi connectivity index (χ2n) is 8.79. The van der Waals surface area contributed by atoms with Crippen LogP contribution in [0.4, 0.5) is 0 Å². The fourth-order valence-electron chi connectivity index (χ4n) is 5.08. The molecule has 0 amide bonds. The first kappa shape index (κ1) is 19.0. The summed E-state index contributed by atoms with van der Waals surface area (Å²) < 4.78 is 2.25. The van der Waals surface area contributed by atoms with Gasteiger partial charge in [0.15, 0.2) is 0 Å². The number of benzene rings is 5. The smallest absolute Gasteiger partial charge is 0.235 e. The van der Waals surface area contributed by atoms with Crippen LogP contribution < -0.4 is 0 Å². The van der Waals surface area contributed by atoms with E-state index in [1.165, 1.54) is 27.1 Å². The molecule has 34 heavy (non-hydrogen) atoms. The van der Waals surface area contributed by atoms with Crippen molar-refractivity contribution in [3.8, 4) is 17.2 Å². The van der Waals surface area contributed by atoms with Gasteiger partial charge in [0, 0.05) is 27.1 Å². The molecule has 7 rings (SSSR count). The van der Waals surface area contributed by atoms with E-state index in [1.807, 2.05) is 12.1 Å². The molecule has 0 bridgehead atoms. The number of aromatic nitrogens is 3. The van der Waals surface area contributed by atoms with Crippen molar-refractivity contribution >= 4 is 43.5 Å². The Bertz CT molecular complexity index is 1860. The lowest BCUT2D eigenvalue weighted by atomic mass is 10.1. The predicted molar refractivity (Wildman–Crippen MR) is 142 cm³/mol. The van der Waals surface area contributed by atoms with Crippen molar-refractivity contribution in [3.63, 3.8) is 0 Å². The third-order valence-electron chi connectivity index (χ3n) is 6.65. The molecule has 0 fully saturated rings. The lowest BCUT2D eigenvalue weighted by Gasteiger charge is -2.12. The van der Waals surface area contributed by atoms with Crippen LogP contribution >= 0.6 is 0 Å². The zero-order valence-electron chi connectivity index (χ0n) is 18.7. The average molecular weight is 436 g/mol. The van der Waals surface area contributed by atoms with Gasteiger partial charge in [-0.25, -0.2) is 9.97 Å². The molecule has 2 aromatic heterocycles. The van der Waals surface area contributed by atoms with Crippen molar-refractivity contribution in [1.29, 1.82) is 0 Å². The van der Waals surface area contributed by atoms with Crippen LogP contribution in [0.25, 0.3) is 60.7 Å². The Balaban J connectivity index is 1.68. The number of hydrogen-bond donors (Lipinski definition) is 0. The predicted octanol–water partition coefficient (Wildman–Crippen LogP) is 7.86. The molecule has 0 saturated heterocycles. The molecule has 0 N–H and O–H groups in total. The van der Waals surface area contributed by atoms with Crippen molar-refractivity contribution in [2.24, 2.45) is 0 Å². The highest BCUT2D eigenvalue weighted by Gasteiger charge is 2.18. The van der Waals surface area contributed by atoms with Gasteiger partial charge in [-0.2, -0.15) is 0 Å². The van der Waals surface area contributed by atoms with E-state index in [-0.39, 0.29) is 0 Å². The van der Waals surface area contributed by atoms with Gasteiger partial charge in [-0.3, -0.25) is 4.57 Å². The lowest BCUT2D eigenvalue weighted by molar-refractivity contribution is 1.02. The molecule has 0 spiro atoms. The number of hydrogen-bond acceptors (Lipinski definition) is 2. The maximum absolute atomic E-state index is 5.20. The molecule has 0 aliphatic rings. The fraction of sp³-hybridized carbons (Fsp3) is 0.0323. The SMILES string of the molecule is Cc1ccc2c3ccc4ccccc4c3n(-c3nc(-c4ccccc4)c4ccccc4n3)c2c1. The van der Waals surface area contributed by atoms with Gasteiger partial charge in [0.1, 0.15) is 0 Å². The van der Waals surface area contributed by atoms with E-state index in [4.69, 9.17) is 9.97 Å². The molecular formula is C31H21N3. The minimum Gasteiger partial charge on any atom is -0.277 e. The zero-order chi connectivity index (χ0) is 22.6. The van der Waals surface area contributed by atoms with Gasteiger partial charge in [-0.1, -0.05) is 97.1 Å². The molecule has 3 heteroatoms. The van der Waals surface area contributed by atoms with E-state index in [0.717, 1.165) is 33.2 Å². The summed E-state index contributed by atoms with van der Waals surface area (Å²) in [4.78, 5) is 10.3. The second-order valence-corrected chi connectivity index (χ2v) is 8.79. The number of nitrogens with zero attached hydrogens (tertiary/aromatic N) is 3. The van der Waals surface area contributed by atoms with Crippen LogP contribution in [0.2, 0.25) is 0 Å². The Morgan fingerprint density at radius 2 is 1.32 bits per heavy atom. The van der Waals surface area contributed by atoms with E-state index < -0.39 is 0 Å². The highest BCUT2D eigenvalue weighted by atomic mass is 15.2. The molecule has 0 saturated carbocycles. The fourth-order valence-corrected chi connectivity index (χ4v) is 5.08. The minimum absolute atomic E-state index is 0.694. The maximum Gasteiger partial charge on any atom is 0.235 e. The Hall–Kier alpha value is -4.50. The average Bonchev–Trinajstić information content (AvgIpc) is 3.22. The molecule has 0 atom stereocenters. The summed E-state index contributed by atoms with van der Waals surface area (Å²) in [5.41, 5.74) is 6.46. The maximum atomic E-state index is 5.20.